The molecule has 2 aromatic carbocycles. The van der Waals surface area contributed by atoms with E-state index in [0.29, 0.717) is 17.2 Å². The Bertz CT molecular complexity index is 546. The van der Waals surface area contributed by atoms with Gasteiger partial charge in [-0.05, 0) is 42.2 Å². The van der Waals surface area contributed by atoms with E-state index in [2.05, 4.69) is 19.9 Å². The zero-order chi connectivity index (χ0) is 13.7. The summed E-state index contributed by atoms with van der Waals surface area (Å²) in [5, 5.41) is 0. The van der Waals surface area contributed by atoms with E-state index in [9.17, 15) is 4.79 Å². The van der Waals surface area contributed by atoms with E-state index in [1.54, 1.807) is 12.1 Å². The minimum atomic E-state index is -0.318. The standard InChI is InChI=1S/C17H18O2/c1-3-13(2)15-10-7-11-16(12-15)19-17(18)14-8-5-4-6-9-14/h4-13H,3H2,1-2H3. The summed E-state index contributed by atoms with van der Waals surface area (Å²) < 4.78 is 5.40. The third-order valence-corrected chi connectivity index (χ3v) is 3.26. The molecule has 0 aromatic heterocycles. The smallest absolute Gasteiger partial charge is 0.343 e. The van der Waals surface area contributed by atoms with Crippen LogP contribution < -0.4 is 4.74 Å². The van der Waals surface area contributed by atoms with Gasteiger partial charge in [0.25, 0.3) is 0 Å². The van der Waals surface area contributed by atoms with Crippen molar-refractivity contribution >= 4 is 5.97 Å². The molecule has 0 aliphatic rings. The maximum absolute atomic E-state index is 11.9. The van der Waals surface area contributed by atoms with Gasteiger partial charge in [0.05, 0.1) is 5.56 Å². The lowest BCUT2D eigenvalue weighted by molar-refractivity contribution is 0.0734. The average molecular weight is 254 g/mol. The number of hydrogen-bond acceptors (Lipinski definition) is 2. The van der Waals surface area contributed by atoms with Crippen LogP contribution in [0.5, 0.6) is 5.75 Å². The first-order valence-corrected chi connectivity index (χ1v) is 6.58. The van der Waals surface area contributed by atoms with Crippen LogP contribution in [0.25, 0.3) is 0 Å². The van der Waals surface area contributed by atoms with Crippen molar-refractivity contribution in [2.45, 2.75) is 26.2 Å². The fourth-order valence-electron chi connectivity index (χ4n) is 1.86. The van der Waals surface area contributed by atoms with Gasteiger partial charge < -0.3 is 4.74 Å². The van der Waals surface area contributed by atoms with E-state index in [1.165, 1.54) is 5.56 Å². The summed E-state index contributed by atoms with van der Waals surface area (Å²) >= 11 is 0. The van der Waals surface area contributed by atoms with Crippen LogP contribution in [-0.4, -0.2) is 5.97 Å². The number of carbonyl (C=O) groups is 1. The van der Waals surface area contributed by atoms with Gasteiger partial charge in [-0.3, -0.25) is 0 Å². The summed E-state index contributed by atoms with van der Waals surface area (Å²) in [4.78, 5) is 11.9. The Labute approximate surface area is 114 Å². The van der Waals surface area contributed by atoms with Gasteiger partial charge >= 0.3 is 5.97 Å². The summed E-state index contributed by atoms with van der Waals surface area (Å²) in [6.07, 6.45) is 1.07. The van der Waals surface area contributed by atoms with Gasteiger partial charge in [0.2, 0.25) is 0 Å². The Morgan fingerprint density at radius 1 is 1.11 bits per heavy atom. The molecule has 0 spiro atoms. The van der Waals surface area contributed by atoms with Gasteiger partial charge in [-0.2, -0.15) is 0 Å². The van der Waals surface area contributed by atoms with Crippen molar-refractivity contribution in [1.82, 2.24) is 0 Å². The maximum atomic E-state index is 11.9. The van der Waals surface area contributed by atoms with Gasteiger partial charge in [0.15, 0.2) is 0 Å². The Morgan fingerprint density at radius 3 is 2.53 bits per heavy atom. The summed E-state index contributed by atoms with van der Waals surface area (Å²) in [5.74, 6) is 0.754. The molecular weight excluding hydrogens is 236 g/mol. The van der Waals surface area contributed by atoms with Gasteiger partial charge in [0.1, 0.15) is 5.75 Å². The Balaban J connectivity index is 2.13. The second kappa shape index (κ2) is 6.19. The highest BCUT2D eigenvalue weighted by molar-refractivity contribution is 5.90. The van der Waals surface area contributed by atoms with Crippen LogP contribution in [0.4, 0.5) is 0 Å². The second-order valence-electron chi connectivity index (χ2n) is 4.64. The molecular formula is C17H18O2. The molecule has 0 fully saturated rings. The van der Waals surface area contributed by atoms with Crippen molar-refractivity contribution in [3.8, 4) is 5.75 Å². The van der Waals surface area contributed by atoms with Crippen molar-refractivity contribution in [1.29, 1.82) is 0 Å². The maximum Gasteiger partial charge on any atom is 0.343 e. The number of benzene rings is 2. The third-order valence-electron chi connectivity index (χ3n) is 3.26. The molecule has 0 saturated heterocycles. The molecule has 1 unspecified atom stereocenters. The molecule has 0 amide bonds. The summed E-state index contributed by atoms with van der Waals surface area (Å²) in [6, 6.07) is 16.8. The third kappa shape index (κ3) is 3.44. The first-order valence-electron chi connectivity index (χ1n) is 6.58. The van der Waals surface area contributed by atoms with Crippen LogP contribution in [-0.2, 0) is 0 Å². The predicted octanol–water partition coefficient (Wildman–Crippen LogP) is 4.42. The van der Waals surface area contributed by atoms with Crippen LogP contribution in [0.15, 0.2) is 54.6 Å². The summed E-state index contributed by atoms with van der Waals surface area (Å²) in [7, 11) is 0. The van der Waals surface area contributed by atoms with Crippen molar-refractivity contribution < 1.29 is 9.53 Å². The first-order chi connectivity index (χ1) is 9.20. The SMILES string of the molecule is CCC(C)c1cccc(OC(=O)c2ccccc2)c1. The van der Waals surface area contributed by atoms with Crippen LogP contribution in [0.2, 0.25) is 0 Å². The molecule has 1 atom stereocenters. The molecule has 2 rings (SSSR count). The number of rotatable bonds is 4. The Morgan fingerprint density at radius 2 is 1.84 bits per heavy atom. The monoisotopic (exact) mass is 254 g/mol. The highest BCUT2D eigenvalue weighted by atomic mass is 16.5. The van der Waals surface area contributed by atoms with E-state index < -0.39 is 0 Å². The van der Waals surface area contributed by atoms with E-state index >= 15 is 0 Å². The number of carbonyl (C=O) groups excluding carboxylic acids is 1. The molecule has 2 aromatic rings. The van der Waals surface area contributed by atoms with Crippen molar-refractivity contribution in [2.75, 3.05) is 0 Å². The van der Waals surface area contributed by atoms with E-state index in [-0.39, 0.29) is 5.97 Å². The van der Waals surface area contributed by atoms with Gasteiger partial charge in [-0.1, -0.05) is 44.2 Å². The average Bonchev–Trinajstić information content (AvgIpc) is 2.47. The fraction of sp³-hybridized carbons (Fsp3) is 0.235. The minimum absolute atomic E-state index is 0.318. The van der Waals surface area contributed by atoms with Gasteiger partial charge in [-0.25, -0.2) is 4.79 Å². The fourth-order valence-corrected chi connectivity index (χ4v) is 1.86. The topological polar surface area (TPSA) is 26.3 Å². The number of hydrogen-bond donors (Lipinski definition) is 0. The number of ether oxygens (including phenoxy) is 1. The molecule has 0 saturated carbocycles. The van der Waals surface area contributed by atoms with Crippen molar-refractivity contribution in [3.05, 3.63) is 65.7 Å². The molecule has 0 radical (unpaired) electrons. The van der Waals surface area contributed by atoms with Crippen LogP contribution in [0.3, 0.4) is 0 Å². The quantitative estimate of drug-likeness (QED) is 0.596. The van der Waals surface area contributed by atoms with E-state index in [4.69, 9.17) is 4.74 Å². The lowest BCUT2D eigenvalue weighted by Crippen LogP contribution is -2.08. The zero-order valence-corrected chi connectivity index (χ0v) is 11.3. The Kier molecular flexibility index (Phi) is 4.35. The molecule has 19 heavy (non-hydrogen) atoms. The first kappa shape index (κ1) is 13.3. The molecule has 0 N–H and O–H groups in total. The van der Waals surface area contributed by atoms with Crippen LogP contribution >= 0.6 is 0 Å². The summed E-state index contributed by atoms with van der Waals surface area (Å²) in [5.41, 5.74) is 1.76. The minimum Gasteiger partial charge on any atom is -0.423 e. The Hall–Kier alpha value is -2.09. The largest absolute Gasteiger partial charge is 0.423 e. The van der Waals surface area contributed by atoms with Gasteiger partial charge in [-0.15, -0.1) is 0 Å². The summed E-state index contributed by atoms with van der Waals surface area (Å²) in [6.45, 7) is 4.31. The molecule has 2 heteroatoms. The molecule has 0 heterocycles. The van der Waals surface area contributed by atoms with Gasteiger partial charge in [0, 0.05) is 0 Å². The highest BCUT2D eigenvalue weighted by Gasteiger charge is 2.09. The predicted molar refractivity (Wildman–Crippen MR) is 76.5 cm³/mol. The molecule has 2 nitrogen and oxygen atoms in total. The van der Waals surface area contributed by atoms with Crippen molar-refractivity contribution in [3.63, 3.8) is 0 Å². The molecule has 98 valence electrons. The zero-order valence-electron chi connectivity index (χ0n) is 11.3. The van der Waals surface area contributed by atoms with Crippen LogP contribution in [0, 0.1) is 0 Å². The number of esters is 1. The highest BCUT2D eigenvalue weighted by Crippen LogP contribution is 2.23. The molecule has 0 bridgehead atoms. The molecule has 0 aliphatic carbocycles. The van der Waals surface area contributed by atoms with E-state index in [1.807, 2.05) is 36.4 Å². The lowest BCUT2D eigenvalue weighted by Gasteiger charge is -2.11. The lowest BCUT2D eigenvalue weighted by atomic mass is 9.99. The van der Waals surface area contributed by atoms with Crippen LogP contribution in [0.1, 0.15) is 42.1 Å². The van der Waals surface area contributed by atoms with E-state index in [0.717, 1.165) is 6.42 Å². The molecule has 0 aliphatic heterocycles. The van der Waals surface area contributed by atoms with Crippen molar-refractivity contribution in [2.24, 2.45) is 0 Å². The normalized spacial score (nSPS) is 11.9. The second-order valence-corrected chi connectivity index (χ2v) is 4.64.